The maximum Gasteiger partial charge on any atom is 0.341 e. The Balaban J connectivity index is 1.74. The van der Waals surface area contributed by atoms with Gasteiger partial charge in [-0.1, -0.05) is 40.7 Å². The van der Waals surface area contributed by atoms with Gasteiger partial charge in [0.05, 0.1) is 12.7 Å². The number of ether oxygens (including phenoxy) is 2. The molecule has 0 spiro atoms. The number of carbonyl (C=O) groups is 2. The third kappa shape index (κ3) is 5.34. The van der Waals surface area contributed by atoms with E-state index >= 15 is 0 Å². The van der Waals surface area contributed by atoms with E-state index in [1.807, 2.05) is 25.1 Å². The molecule has 1 aromatic heterocycles. The number of hydrogen-bond donors (Lipinski definition) is 1. The van der Waals surface area contributed by atoms with Crippen molar-refractivity contribution in [3.8, 4) is 5.75 Å². The first-order valence-electron chi connectivity index (χ1n) is 11.3. The number of benzene rings is 1. The van der Waals surface area contributed by atoms with Crippen molar-refractivity contribution in [2.75, 3.05) is 19.0 Å². The van der Waals surface area contributed by atoms with Gasteiger partial charge in [0.1, 0.15) is 10.8 Å². The summed E-state index contributed by atoms with van der Waals surface area (Å²) < 4.78 is 10.8. The number of hydrogen-bond acceptors (Lipinski definition) is 5. The molecule has 1 atom stereocenters. The summed E-state index contributed by atoms with van der Waals surface area (Å²) >= 11 is 1.49. The topological polar surface area (TPSA) is 64.6 Å². The Bertz CT molecular complexity index is 1000. The van der Waals surface area contributed by atoms with E-state index in [-0.39, 0.29) is 17.9 Å². The highest BCUT2D eigenvalue weighted by atomic mass is 32.1. The number of anilines is 1. The van der Waals surface area contributed by atoms with Crippen LogP contribution in [0.3, 0.4) is 0 Å². The third-order valence-corrected chi connectivity index (χ3v) is 7.54. The fourth-order valence-corrected chi connectivity index (χ4v) is 5.76. The Morgan fingerprint density at radius 1 is 1.25 bits per heavy atom. The molecule has 5 nitrogen and oxygen atoms in total. The molecule has 32 heavy (non-hydrogen) atoms. The van der Waals surface area contributed by atoms with Gasteiger partial charge in [-0.05, 0) is 72.3 Å². The van der Waals surface area contributed by atoms with Gasteiger partial charge in [-0.15, -0.1) is 11.3 Å². The van der Waals surface area contributed by atoms with Crippen molar-refractivity contribution in [1.82, 2.24) is 0 Å². The summed E-state index contributed by atoms with van der Waals surface area (Å²) in [7, 11) is 1.38. The van der Waals surface area contributed by atoms with E-state index in [1.54, 1.807) is 0 Å². The van der Waals surface area contributed by atoms with Gasteiger partial charge in [0.2, 0.25) is 0 Å². The molecule has 0 aliphatic heterocycles. The highest BCUT2D eigenvalue weighted by Crippen LogP contribution is 2.44. The van der Waals surface area contributed by atoms with Gasteiger partial charge in [-0.3, -0.25) is 4.79 Å². The molecule has 1 aliphatic carbocycles. The zero-order valence-corrected chi connectivity index (χ0v) is 21.1. The fraction of sp³-hybridized carbons (Fsp3) is 0.538. The van der Waals surface area contributed by atoms with Crippen molar-refractivity contribution in [2.45, 2.75) is 66.7 Å². The van der Waals surface area contributed by atoms with Crippen LogP contribution in [-0.4, -0.2) is 25.6 Å². The van der Waals surface area contributed by atoms with Gasteiger partial charge < -0.3 is 14.8 Å². The van der Waals surface area contributed by atoms with E-state index in [4.69, 9.17) is 9.47 Å². The lowest BCUT2D eigenvalue weighted by Crippen LogP contribution is -2.26. The molecule has 0 radical (unpaired) electrons. The van der Waals surface area contributed by atoms with Gasteiger partial charge in [-0.2, -0.15) is 0 Å². The first kappa shape index (κ1) is 24.3. The average molecular weight is 458 g/mol. The molecule has 1 amide bonds. The SMILES string of the molecule is COC(=O)c1c(NC(=O)COc2ccc(C(C)C)c(C)c2)sc2c1CCC(C(C)(C)C)C2. The fourth-order valence-electron chi connectivity index (χ4n) is 4.43. The third-order valence-electron chi connectivity index (χ3n) is 6.37. The number of amides is 1. The maximum atomic E-state index is 12.7. The van der Waals surface area contributed by atoms with Crippen LogP contribution < -0.4 is 10.1 Å². The van der Waals surface area contributed by atoms with Gasteiger partial charge in [0, 0.05) is 4.88 Å². The number of esters is 1. The molecule has 0 saturated heterocycles. The summed E-state index contributed by atoms with van der Waals surface area (Å²) in [5.74, 6) is 0.961. The van der Waals surface area contributed by atoms with E-state index in [2.05, 4.69) is 39.9 Å². The Kier molecular flexibility index (Phi) is 7.33. The molecule has 0 fully saturated rings. The predicted octanol–water partition coefficient (Wildman–Crippen LogP) is 6.14. The molecule has 1 aromatic carbocycles. The summed E-state index contributed by atoms with van der Waals surface area (Å²) in [6, 6.07) is 5.90. The molecule has 2 aromatic rings. The van der Waals surface area contributed by atoms with Crippen LogP contribution in [0.15, 0.2) is 18.2 Å². The van der Waals surface area contributed by atoms with Crippen molar-refractivity contribution in [2.24, 2.45) is 11.3 Å². The lowest BCUT2D eigenvalue weighted by molar-refractivity contribution is -0.118. The van der Waals surface area contributed by atoms with Crippen LogP contribution in [0.25, 0.3) is 0 Å². The van der Waals surface area contributed by atoms with Crippen molar-refractivity contribution < 1.29 is 19.1 Å². The zero-order valence-electron chi connectivity index (χ0n) is 20.3. The Labute approximate surface area is 195 Å². The lowest BCUT2D eigenvalue weighted by Gasteiger charge is -2.33. The Morgan fingerprint density at radius 2 is 1.97 bits per heavy atom. The number of fused-ring (bicyclic) bond motifs is 1. The molecule has 1 N–H and O–H groups in total. The van der Waals surface area contributed by atoms with Crippen LogP contribution in [0.1, 0.15) is 78.9 Å². The highest BCUT2D eigenvalue weighted by Gasteiger charge is 2.34. The molecule has 0 saturated carbocycles. The molecule has 1 aliphatic rings. The van der Waals surface area contributed by atoms with E-state index in [9.17, 15) is 9.59 Å². The minimum absolute atomic E-state index is 0.117. The Hall–Kier alpha value is -2.34. The van der Waals surface area contributed by atoms with Crippen molar-refractivity contribution in [3.05, 3.63) is 45.3 Å². The van der Waals surface area contributed by atoms with E-state index < -0.39 is 5.97 Å². The minimum atomic E-state index is -0.396. The molecule has 174 valence electrons. The molecule has 6 heteroatoms. The number of carbonyl (C=O) groups excluding carboxylic acids is 2. The second kappa shape index (κ2) is 9.65. The summed E-state index contributed by atoms with van der Waals surface area (Å²) in [4.78, 5) is 26.4. The number of aryl methyl sites for hydroxylation is 1. The molecule has 1 heterocycles. The van der Waals surface area contributed by atoms with Crippen LogP contribution in [0.2, 0.25) is 0 Å². The van der Waals surface area contributed by atoms with Gasteiger partial charge >= 0.3 is 5.97 Å². The van der Waals surface area contributed by atoms with Gasteiger partial charge in [0.25, 0.3) is 5.91 Å². The lowest BCUT2D eigenvalue weighted by atomic mass is 9.72. The second-order valence-corrected chi connectivity index (χ2v) is 11.1. The first-order chi connectivity index (χ1) is 15.0. The number of thiophene rings is 1. The van der Waals surface area contributed by atoms with Gasteiger partial charge in [-0.25, -0.2) is 4.79 Å². The summed E-state index contributed by atoms with van der Waals surface area (Å²) in [6.07, 6.45) is 2.77. The average Bonchev–Trinajstić information content (AvgIpc) is 3.07. The normalized spacial score (nSPS) is 15.9. The minimum Gasteiger partial charge on any atom is -0.484 e. The quantitative estimate of drug-likeness (QED) is 0.530. The standard InChI is InChI=1S/C26H35NO4S/c1-15(2)19-11-9-18(12-16(19)3)31-14-22(28)27-24-23(25(29)30-7)20-10-8-17(26(4,5)6)13-21(20)32-24/h9,11-12,15,17H,8,10,13-14H2,1-7H3,(H,27,28). The smallest absolute Gasteiger partial charge is 0.341 e. The number of methoxy groups -OCH3 is 1. The van der Waals surface area contributed by atoms with Crippen LogP contribution >= 0.6 is 11.3 Å². The van der Waals surface area contributed by atoms with Crippen LogP contribution in [0.5, 0.6) is 5.75 Å². The van der Waals surface area contributed by atoms with E-state index in [1.165, 1.54) is 28.9 Å². The largest absolute Gasteiger partial charge is 0.484 e. The number of rotatable bonds is 6. The van der Waals surface area contributed by atoms with E-state index in [0.29, 0.717) is 28.1 Å². The first-order valence-corrected chi connectivity index (χ1v) is 12.1. The predicted molar refractivity (Wildman–Crippen MR) is 130 cm³/mol. The summed E-state index contributed by atoms with van der Waals surface area (Å²) in [5, 5.41) is 3.47. The maximum absolute atomic E-state index is 12.7. The van der Waals surface area contributed by atoms with Crippen LogP contribution in [-0.2, 0) is 22.4 Å². The Morgan fingerprint density at radius 3 is 2.56 bits per heavy atom. The monoisotopic (exact) mass is 457 g/mol. The molecule has 0 bridgehead atoms. The summed E-state index contributed by atoms with van der Waals surface area (Å²) in [5.41, 5.74) is 4.14. The van der Waals surface area contributed by atoms with E-state index in [0.717, 1.165) is 30.4 Å². The molecular weight excluding hydrogens is 422 g/mol. The second-order valence-electron chi connectivity index (χ2n) is 10.0. The summed E-state index contributed by atoms with van der Waals surface area (Å²) in [6.45, 7) is 13.0. The zero-order chi connectivity index (χ0) is 23.6. The molecular formula is C26H35NO4S. The number of nitrogens with one attached hydrogen (secondary N) is 1. The van der Waals surface area contributed by atoms with Crippen molar-refractivity contribution >= 4 is 28.2 Å². The van der Waals surface area contributed by atoms with Gasteiger partial charge in [0.15, 0.2) is 6.61 Å². The van der Waals surface area contributed by atoms with Crippen LogP contribution in [0, 0.1) is 18.3 Å². The molecule has 3 rings (SSSR count). The van der Waals surface area contributed by atoms with Crippen LogP contribution in [0.4, 0.5) is 5.00 Å². The van der Waals surface area contributed by atoms with Crippen molar-refractivity contribution in [3.63, 3.8) is 0 Å². The highest BCUT2D eigenvalue weighted by molar-refractivity contribution is 7.17. The van der Waals surface area contributed by atoms with Crippen molar-refractivity contribution in [1.29, 1.82) is 0 Å². The molecule has 1 unspecified atom stereocenters.